The molecule has 0 saturated carbocycles. The van der Waals surface area contributed by atoms with Crippen LogP contribution in [0, 0.1) is 0 Å². The second kappa shape index (κ2) is 9.86. The Bertz CT molecular complexity index is 860. The van der Waals surface area contributed by atoms with E-state index in [9.17, 15) is 16.8 Å². The maximum atomic E-state index is 12.0. The molecule has 0 bridgehead atoms. The molecule has 10 heteroatoms. The lowest BCUT2D eigenvalue weighted by Crippen LogP contribution is -2.09. The van der Waals surface area contributed by atoms with Crippen LogP contribution in [0.3, 0.4) is 0 Å². The number of halogens is 2. The fourth-order valence-electron chi connectivity index (χ4n) is 2.06. The number of benzene rings is 2. The normalized spacial score (nSPS) is 12.2. The summed E-state index contributed by atoms with van der Waals surface area (Å²) in [5.41, 5.74) is 0. The smallest absolute Gasteiger partial charge is 0.266 e. The van der Waals surface area contributed by atoms with Crippen LogP contribution < -0.4 is 0 Å². The van der Waals surface area contributed by atoms with Gasteiger partial charge in [0.2, 0.25) is 0 Å². The first kappa shape index (κ1) is 22.1. The third-order valence-electron chi connectivity index (χ3n) is 3.47. The number of rotatable bonds is 10. The Morgan fingerprint density at radius 3 is 1.26 bits per heavy atom. The fraction of sp³-hybridized carbons (Fsp3) is 0.294. The SMILES string of the molecule is O=S(=O)(OCCCCCOS(=O)(=O)c1ccc(Cl)cc1)c1ccc(Cl)cc1. The fourth-order valence-corrected chi connectivity index (χ4v) is 4.19. The van der Waals surface area contributed by atoms with E-state index in [2.05, 4.69) is 0 Å². The molecule has 27 heavy (non-hydrogen) atoms. The van der Waals surface area contributed by atoms with Crippen molar-refractivity contribution in [1.82, 2.24) is 0 Å². The molecule has 0 amide bonds. The lowest BCUT2D eigenvalue weighted by Gasteiger charge is -2.07. The predicted molar refractivity (Wildman–Crippen MR) is 103 cm³/mol. The predicted octanol–water partition coefficient (Wildman–Crippen LogP) is 4.27. The Labute approximate surface area is 169 Å². The van der Waals surface area contributed by atoms with Crippen LogP contribution in [0.15, 0.2) is 58.3 Å². The van der Waals surface area contributed by atoms with Crippen molar-refractivity contribution in [1.29, 1.82) is 0 Å². The van der Waals surface area contributed by atoms with E-state index in [1.54, 1.807) is 0 Å². The first-order chi connectivity index (χ1) is 12.7. The molecule has 0 spiro atoms. The summed E-state index contributed by atoms with van der Waals surface area (Å²) in [7, 11) is -7.66. The van der Waals surface area contributed by atoms with Gasteiger partial charge in [-0.2, -0.15) is 16.8 Å². The summed E-state index contributed by atoms with van der Waals surface area (Å²) in [5, 5.41) is 0.866. The van der Waals surface area contributed by atoms with E-state index < -0.39 is 20.2 Å². The van der Waals surface area contributed by atoms with Gasteiger partial charge in [-0.25, -0.2) is 0 Å². The molecule has 0 radical (unpaired) electrons. The van der Waals surface area contributed by atoms with Crippen molar-refractivity contribution in [3.05, 3.63) is 58.6 Å². The van der Waals surface area contributed by atoms with Gasteiger partial charge in [0.1, 0.15) is 0 Å². The topological polar surface area (TPSA) is 86.7 Å². The summed E-state index contributed by atoms with van der Waals surface area (Å²) >= 11 is 11.4. The highest BCUT2D eigenvalue weighted by atomic mass is 35.5. The minimum Gasteiger partial charge on any atom is -0.266 e. The highest BCUT2D eigenvalue weighted by Crippen LogP contribution is 2.18. The summed E-state index contributed by atoms with van der Waals surface area (Å²) in [4.78, 5) is 0.0635. The van der Waals surface area contributed by atoms with Gasteiger partial charge in [-0.05, 0) is 67.8 Å². The Balaban J connectivity index is 1.68. The van der Waals surface area contributed by atoms with Crippen molar-refractivity contribution in [2.24, 2.45) is 0 Å². The van der Waals surface area contributed by atoms with Crippen LogP contribution in [-0.2, 0) is 28.6 Å². The van der Waals surface area contributed by atoms with Crippen LogP contribution in [-0.4, -0.2) is 30.0 Å². The van der Waals surface area contributed by atoms with Gasteiger partial charge in [0, 0.05) is 10.0 Å². The molecule has 148 valence electrons. The van der Waals surface area contributed by atoms with Gasteiger partial charge in [-0.1, -0.05) is 23.2 Å². The Hall–Kier alpha value is -1.16. The minimum absolute atomic E-state index is 0.00507. The van der Waals surface area contributed by atoms with Gasteiger partial charge in [0.15, 0.2) is 0 Å². The van der Waals surface area contributed by atoms with Gasteiger partial charge in [-0.3, -0.25) is 8.37 Å². The van der Waals surface area contributed by atoms with Crippen LogP contribution >= 0.6 is 23.2 Å². The van der Waals surface area contributed by atoms with Crippen molar-refractivity contribution < 1.29 is 25.2 Å². The van der Waals surface area contributed by atoms with E-state index in [1.165, 1.54) is 48.5 Å². The van der Waals surface area contributed by atoms with E-state index in [0.29, 0.717) is 29.3 Å². The van der Waals surface area contributed by atoms with E-state index in [1.807, 2.05) is 0 Å². The van der Waals surface area contributed by atoms with Crippen molar-refractivity contribution in [3.8, 4) is 0 Å². The molecule has 0 aliphatic carbocycles. The maximum absolute atomic E-state index is 12.0. The molecule has 0 unspecified atom stereocenters. The van der Waals surface area contributed by atoms with Gasteiger partial charge in [0.05, 0.1) is 23.0 Å². The van der Waals surface area contributed by atoms with Gasteiger partial charge < -0.3 is 0 Å². The van der Waals surface area contributed by atoms with Gasteiger partial charge >= 0.3 is 0 Å². The standard InChI is InChI=1S/C17H18Cl2O6S2/c18-14-4-8-16(9-5-14)26(20,21)24-12-2-1-3-13-25-27(22,23)17-10-6-15(19)7-11-17/h4-11H,1-3,12-13H2. The molecule has 0 N–H and O–H groups in total. The second-order valence-electron chi connectivity index (χ2n) is 5.52. The minimum atomic E-state index is -3.83. The first-order valence-electron chi connectivity index (χ1n) is 8.01. The molecule has 0 saturated heterocycles. The lowest BCUT2D eigenvalue weighted by atomic mass is 10.2. The van der Waals surface area contributed by atoms with Gasteiger partial charge in [0.25, 0.3) is 20.2 Å². The highest BCUT2D eigenvalue weighted by Gasteiger charge is 2.16. The molecule has 2 aromatic carbocycles. The average Bonchev–Trinajstić information content (AvgIpc) is 2.61. The van der Waals surface area contributed by atoms with Crippen LogP contribution in [0.4, 0.5) is 0 Å². The summed E-state index contributed by atoms with van der Waals surface area (Å²) in [6.45, 7) is -0.0101. The molecule has 6 nitrogen and oxygen atoms in total. The lowest BCUT2D eigenvalue weighted by molar-refractivity contribution is 0.284. The summed E-state index contributed by atoms with van der Waals surface area (Å²) in [6, 6.07) is 11.3. The molecular weight excluding hydrogens is 435 g/mol. The zero-order valence-corrected chi connectivity index (χ0v) is 17.3. The molecule has 0 atom stereocenters. The highest BCUT2D eigenvalue weighted by molar-refractivity contribution is 7.87. The second-order valence-corrected chi connectivity index (χ2v) is 9.62. The molecule has 2 aromatic rings. The van der Waals surface area contributed by atoms with Crippen molar-refractivity contribution in [2.75, 3.05) is 13.2 Å². The largest absolute Gasteiger partial charge is 0.296 e. The third-order valence-corrected chi connectivity index (χ3v) is 6.63. The number of hydrogen-bond acceptors (Lipinski definition) is 6. The van der Waals surface area contributed by atoms with Crippen molar-refractivity contribution >= 4 is 43.4 Å². The Morgan fingerprint density at radius 2 is 0.926 bits per heavy atom. The van der Waals surface area contributed by atoms with Crippen LogP contribution in [0.5, 0.6) is 0 Å². The van der Waals surface area contributed by atoms with Gasteiger partial charge in [-0.15, -0.1) is 0 Å². The Morgan fingerprint density at radius 1 is 0.593 bits per heavy atom. The molecule has 2 rings (SSSR count). The molecule has 0 heterocycles. The summed E-state index contributed by atoms with van der Waals surface area (Å²) < 4.78 is 57.7. The molecule has 0 aromatic heterocycles. The first-order valence-corrected chi connectivity index (χ1v) is 11.6. The molecule has 0 aliphatic rings. The summed E-state index contributed by atoms with van der Waals surface area (Å²) in [5.74, 6) is 0. The number of hydrogen-bond donors (Lipinski definition) is 0. The van der Waals surface area contributed by atoms with E-state index in [4.69, 9.17) is 31.6 Å². The zero-order valence-electron chi connectivity index (χ0n) is 14.2. The number of unbranched alkanes of at least 4 members (excludes halogenated alkanes) is 2. The average molecular weight is 453 g/mol. The molecular formula is C17H18Cl2O6S2. The van der Waals surface area contributed by atoms with Crippen molar-refractivity contribution in [3.63, 3.8) is 0 Å². The van der Waals surface area contributed by atoms with E-state index in [0.717, 1.165) is 0 Å². The van der Waals surface area contributed by atoms with Crippen molar-refractivity contribution in [2.45, 2.75) is 29.1 Å². The van der Waals surface area contributed by atoms with Crippen LogP contribution in [0.1, 0.15) is 19.3 Å². The maximum Gasteiger partial charge on any atom is 0.296 e. The molecule has 0 fully saturated rings. The quantitative estimate of drug-likeness (QED) is 0.394. The van der Waals surface area contributed by atoms with Crippen LogP contribution in [0.25, 0.3) is 0 Å². The third kappa shape index (κ3) is 7.06. The van der Waals surface area contributed by atoms with E-state index >= 15 is 0 Å². The Kier molecular flexibility index (Phi) is 8.08. The van der Waals surface area contributed by atoms with Crippen LogP contribution in [0.2, 0.25) is 10.0 Å². The zero-order chi connectivity index (χ0) is 19.9. The molecule has 0 aliphatic heterocycles. The summed E-state index contributed by atoms with van der Waals surface area (Å²) in [6.07, 6.45) is 1.43. The monoisotopic (exact) mass is 452 g/mol. The van der Waals surface area contributed by atoms with E-state index in [-0.39, 0.29) is 23.0 Å².